The van der Waals surface area contributed by atoms with Crippen LogP contribution in [0.1, 0.15) is 63.7 Å². The molecular weight excluding hydrogens is 451 g/mol. The molecule has 33 heavy (non-hydrogen) atoms. The van der Waals surface area contributed by atoms with E-state index in [1.165, 1.54) is 23.2 Å². The molecule has 1 saturated heterocycles. The van der Waals surface area contributed by atoms with Crippen LogP contribution in [-0.2, 0) is 16.1 Å². The number of carbonyl (C=O) groups excluding carboxylic acids is 4. The summed E-state index contributed by atoms with van der Waals surface area (Å²) < 4.78 is 15.0. The van der Waals surface area contributed by atoms with Gasteiger partial charge in [-0.05, 0) is 55.2 Å². The maximum absolute atomic E-state index is 15.0. The number of aromatic nitrogens is 1. The van der Waals surface area contributed by atoms with Crippen molar-refractivity contribution >= 4 is 35.2 Å². The minimum atomic E-state index is -1.56. The minimum Gasteiger partial charge on any atom is -0.340 e. The van der Waals surface area contributed by atoms with Gasteiger partial charge in [0, 0.05) is 30.3 Å². The van der Waals surface area contributed by atoms with Gasteiger partial charge < -0.3 is 10.2 Å². The van der Waals surface area contributed by atoms with Crippen LogP contribution in [0.3, 0.4) is 0 Å². The second-order valence-corrected chi connectivity index (χ2v) is 9.05. The maximum atomic E-state index is 15.0. The number of pyridine rings is 1. The van der Waals surface area contributed by atoms with Crippen molar-refractivity contribution in [1.82, 2.24) is 20.5 Å². The lowest BCUT2D eigenvalue weighted by atomic mass is 10.0. The fraction of sp³-hybridized carbons (Fsp3) is 0.348. The van der Waals surface area contributed by atoms with E-state index in [0.717, 1.165) is 0 Å². The summed E-state index contributed by atoms with van der Waals surface area (Å²) in [6, 6.07) is 6.16. The number of hydrogen-bond donors (Lipinski definition) is 2. The predicted molar refractivity (Wildman–Crippen MR) is 115 cm³/mol. The van der Waals surface area contributed by atoms with E-state index in [9.17, 15) is 19.2 Å². The van der Waals surface area contributed by atoms with E-state index in [4.69, 9.17) is 11.6 Å². The van der Waals surface area contributed by atoms with Crippen LogP contribution in [0.4, 0.5) is 4.39 Å². The molecule has 2 atom stereocenters. The topological polar surface area (TPSA) is 108 Å². The number of carbonyl (C=O) groups is 4. The molecule has 1 aromatic carbocycles. The number of hydrogen-bond acceptors (Lipinski definition) is 5. The summed E-state index contributed by atoms with van der Waals surface area (Å²) in [5, 5.41) is 5.41. The molecule has 0 spiro atoms. The summed E-state index contributed by atoms with van der Waals surface area (Å²) in [7, 11) is 0. The molecule has 2 N–H and O–H groups in total. The molecule has 2 aromatic rings. The first-order valence-corrected chi connectivity index (χ1v) is 11.0. The number of benzene rings is 1. The highest BCUT2D eigenvalue weighted by Gasteiger charge is 2.52. The average molecular weight is 471 g/mol. The lowest BCUT2D eigenvalue weighted by Gasteiger charge is -2.29. The van der Waals surface area contributed by atoms with E-state index in [2.05, 4.69) is 15.6 Å². The second kappa shape index (κ2) is 7.91. The lowest BCUT2D eigenvalue weighted by Crippen LogP contribution is -2.52. The summed E-state index contributed by atoms with van der Waals surface area (Å²) in [6.45, 7) is 0.150. The number of nitrogens with one attached hydrogen (secondary N) is 2. The number of halogens is 2. The molecule has 0 radical (unpaired) electrons. The number of nitrogens with zero attached hydrogens (tertiary/aromatic N) is 2. The van der Waals surface area contributed by atoms with Crippen LogP contribution in [-0.4, -0.2) is 45.2 Å². The standard InChI is InChI=1S/C23H20ClFN4O4/c24-14-2-4-16(26-10-14)19(23(25)7-8-23)28-20(31)12-1-3-15-13(9-12)11-29(22(15)33)17-5-6-18(30)27-21(17)32/h1-4,9-10,17,19H,5-8,11H2,(H,28,31)(H,27,30,32)/t17-,19+/m0/s1. The molecule has 5 rings (SSSR count). The van der Waals surface area contributed by atoms with Crippen LogP contribution < -0.4 is 10.6 Å². The van der Waals surface area contributed by atoms with Crippen LogP contribution in [0.25, 0.3) is 0 Å². The van der Waals surface area contributed by atoms with Crippen LogP contribution in [0, 0.1) is 0 Å². The molecular formula is C23H20ClFN4O4. The van der Waals surface area contributed by atoms with Crippen LogP contribution >= 0.6 is 11.6 Å². The zero-order valence-electron chi connectivity index (χ0n) is 17.4. The first kappa shape index (κ1) is 21.5. The van der Waals surface area contributed by atoms with Crippen LogP contribution in [0.2, 0.25) is 5.02 Å². The quantitative estimate of drug-likeness (QED) is 0.652. The van der Waals surface area contributed by atoms with Gasteiger partial charge in [0.25, 0.3) is 11.8 Å². The van der Waals surface area contributed by atoms with Gasteiger partial charge in [-0.15, -0.1) is 0 Å². The van der Waals surface area contributed by atoms with E-state index < -0.39 is 29.6 Å². The molecule has 1 aromatic heterocycles. The summed E-state index contributed by atoms with van der Waals surface area (Å²) in [4.78, 5) is 55.0. The van der Waals surface area contributed by atoms with Crippen molar-refractivity contribution in [2.24, 2.45) is 0 Å². The van der Waals surface area contributed by atoms with Crippen LogP contribution in [0.15, 0.2) is 36.5 Å². The van der Waals surface area contributed by atoms with Gasteiger partial charge in [-0.1, -0.05) is 11.6 Å². The fourth-order valence-corrected chi connectivity index (χ4v) is 4.48. The van der Waals surface area contributed by atoms with Crippen molar-refractivity contribution in [3.63, 3.8) is 0 Å². The third kappa shape index (κ3) is 3.97. The second-order valence-electron chi connectivity index (χ2n) is 8.61. The van der Waals surface area contributed by atoms with E-state index in [0.29, 0.717) is 34.7 Å². The normalized spacial score (nSPS) is 21.9. The third-order valence-corrected chi connectivity index (χ3v) is 6.58. The van der Waals surface area contributed by atoms with E-state index in [1.807, 2.05) is 0 Å². The Balaban J connectivity index is 1.35. The Bertz CT molecular complexity index is 1180. The summed E-state index contributed by atoms with van der Waals surface area (Å²) in [5.74, 6) is -1.67. The van der Waals surface area contributed by atoms with Gasteiger partial charge in [0.1, 0.15) is 17.8 Å². The summed E-state index contributed by atoms with van der Waals surface area (Å²) >= 11 is 5.88. The Kier molecular flexibility index (Phi) is 5.16. The molecule has 4 amide bonds. The van der Waals surface area contributed by atoms with E-state index in [-0.39, 0.29) is 36.8 Å². The maximum Gasteiger partial charge on any atom is 0.255 e. The Morgan fingerprint density at radius 1 is 1.24 bits per heavy atom. The molecule has 0 unspecified atom stereocenters. The molecule has 2 fully saturated rings. The Morgan fingerprint density at radius 3 is 2.70 bits per heavy atom. The van der Waals surface area contributed by atoms with Gasteiger partial charge in [-0.2, -0.15) is 0 Å². The van der Waals surface area contributed by atoms with Crippen LogP contribution in [0.5, 0.6) is 0 Å². The molecule has 1 saturated carbocycles. The number of rotatable bonds is 5. The fourth-order valence-electron chi connectivity index (χ4n) is 4.36. The average Bonchev–Trinajstić information content (AvgIpc) is 3.46. The third-order valence-electron chi connectivity index (χ3n) is 6.35. The Labute approximate surface area is 193 Å². The van der Waals surface area contributed by atoms with Gasteiger partial charge in [0.2, 0.25) is 11.8 Å². The van der Waals surface area contributed by atoms with Gasteiger partial charge in [0.15, 0.2) is 0 Å². The molecule has 0 bridgehead atoms. The number of piperidine rings is 1. The molecule has 1 aliphatic carbocycles. The monoisotopic (exact) mass is 470 g/mol. The minimum absolute atomic E-state index is 0.150. The highest BCUT2D eigenvalue weighted by Crippen LogP contribution is 2.49. The van der Waals surface area contributed by atoms with Gasteiger partial charge in [0.05, 0.1) is 10.7 Å². The molecule has 3 aliphatic rings. The van der Waals surface area contributed by atoms with E-state index >= 15 is 4.39 Å². The van der Waals surface area contributed by atoms with Crippen molar-refractivity contribution in [1.29, 1.82) is 0 Å². The van der Waals surface area contributed by atoms with Crippen molar-refractivity contribution < 1.29 is 23.6 Å². The summed E-state index contributed by atoms with van der Waals surface area (Å²) in [6.07, 6.45) is 2.47. The smallest absolute Gasteiger partial charge is 0.255 e. The van der Waals surface area contributed by atoms with Crippen molar-refractivity contribution in [3.05, 3.63) is 63.9 Å². The highest BCUT2D eigenvalue weighted by atomic mass is 35.5. The largest absolute Gasteiger partial charge is 0.340 e. The number of imide groups is 1. The first-order chi connectivity index (χ1) is 15.7. The SMILES string of the molecule is O=C1CC[C@H](N2Cc3cc(C(=O)N[C@H](c4ccc(Cl)cn4)C4(F)CC4)ccc3C2=O)C(=O)N1. The van der Waals surface area contributed by atoms with E-state index in [1.54, 1.807) is 18.2 Å². The number of alkyl halides is 1. The Morgan fingerprint density at radius 2 is 2.03 bits per heavy atom. The first-order valence-electron chi connectivity index (χ1n) is 10.6. The zero-order valence-corrected chi connectivity index (χ0v) is 18.2. The number of fused-ring (bicyclic) bond motifs is 1. The predicted octanol–water partition coefficient (Wildman–Crippen LogP) is 2.47. The molecule has 8 nitrogen and oxygen atoms in total. The zero-order chi connectivity index (χ0) is 23.3. The molecule has 2 aliphatic heterocycles. The summed E-state index contributed by atoms with van der Waals surface area (Å²) in [5.41, 5.74) is 0.0883. The molecule has 3 heterocycles. The van der Waals surface area contributed by atoms with Crippen molar-refractivity contribution in [3.8, 4) is 0 Å². The molecule has 10 heteroatoms. The number of amides is 4. The van der Waals surface area contributed by atoms with Gasteiger partial charge in [-0.25, -0.2) is 4.39 Å². The van der Waals surface area contributed by atoms with Crippen molar-refractivity contribution in [2.75, 3.05) is 0 Å². The van der Waals surface area contributed by atoms with Gasteiger partial charge in [-0.3, -0.25) is 29.5 Å². The van der Waals surface area contributed by atoms with Crippen molar-refractivity contribution in [2.45, 2.75) is 50.0 Å². The highest BCUT2D eigenvalue weighted by molar-refractivity contribution is 6.30. The lowest BCUT2D eigenvalue weighted by molar-refractivity contribution is -0.136. The molecule has 170 valence electrons. The Hall–Kier alpha value is -3.33. The van der Waals surface area contributed by atoms with Gasteiger partial charge >= 0.3 is 0 Å².